The van der Waals surface area contributed by atoms with Gasteiger partial charge in [0.05, 0.1) is 21.2 Å². The molecule has 4 rings (SSSR count). The molecule has 0 saturated carbocycles. The third kappa shape index (κ3) is 9.61. The average Bonchev–Trinajstić information content (AvgIpc) is 3.04. The van der Waals surface area contributed by atoms with Crippen molar-refractivity contribution in [2.75, 3.05) is 17.4 Å². The monoisotopic (exact) mass is 763 g/mol. The van der Waals surface area contributed by atoms with Crippen LogP contribution in [0.3, 0.4) is 0 Å². The lowest BCUT2D eigenvalue weighted by molar-refractivity contribution is -0.140. The van der Waals surface area contributed by atoms with E-state index in [9.17, 15) is 31.2 Å². The molecule has 0 aromatic heterocycles. The summed E-state index contributed by atoms with van der Waals surface area (Å²) in [7, 11) is -4.60. The first-order valence-electron chi connectivity index (χ1n) is 15.0. The Balaban J connectivity index is 1.85. The van der Waals surface area contributed by atoms with E-state index in [4.69, 9.17) is 11.6 Å². The van der Waals surface area contributed by atoms with Gasteiger partial charge in [0.1, 0.15) is 12.6 Å². The maximum atomic E-state index is 14.5. The molecule has 0 aliphatic heterocycles. The van der Waals surface area contributed by atoms with E-state index in [1.54, 1.807) is 42.5 Å². The highest BCUT2D eigenvalue weighted by molar-refractivity contribution is 9.10. The zero-order valence-electron chi connectivity index (χ0n) is 26.1. The van der Waals surface area contributed by atoms with Crippen molar-refractivity contribution in [1.29, 1.82) is 0 Å². The van der Waals surface area contributed by atoms with Crippen LogP contribution in [0.1, 0.15) is 30.5 Å². The number of sulfonamides is 1. The van der Waals surface area contributed by atoms with Gasteiger partial charge in [-0.05, 0) is 59.5 Å². The minimum atomic E-state index is -4.90. The normalized spacial score (nSPS) is 12.4. The lowest BCUT2D eigenvalue weighted by Gasteiger charge is -2.34. The SMILES string of the molecule is CC(C)CNC(=O)C(Cc1ccccc1)N(Cc1cccc(Br)c1)C(=O)CN(c1ccc(Cl)c(C(F)(F)F)c1)S(=O)(=O)c1ccccc1. The van der Waals surface area contributed by atoms with Crippen LogP contribution in [-0.4, -0.2) is 44.3 Å². The molecule has 0 aliphatic carbocycles. The fraction of sp³-hybridized carbons (Fsp3) is 0.257. The quantitative estimate of drug-likeness (QED) is 0.151. The Hall–Kier alpha value is -3.87. The molecule has 0 saturated heterocycles. The van der Waals surface area contributed by atoms with E-state index < -0.39 is 56.9 Å². The summed E-state index contributed by atoms with van der Waals surface area (Å²) in [4.78, 5) is 29.4. The molecule has 13 heteroatoms. The molecule has 4 aromatic carbocycles. The molecule has 1 N–H and O–H groups in total. The minimum Gasteiger partial charge on any atom is -0.354 e. The third-order valence-electron chi connectivity index (χ3n) is 7.35. The van der Waals surface area contributed by atoms with Gasteiger partial charge in [0.15, 0.2) is 0 Å². The average molecular weight is 765 g/mol. The van der Waals surface area contributed by atoms with Crippen molar-refractivity contribution < 1.29 is 31.2 Å². The molecule has 0 heterocycles. The van der Waals surface area contributed by atoms with Gasteiger partial charge in [-0.1, -0.05) is 102 Å². The van der Waals surface area contributed by atoms with E-state index in [1.807, 2.05) is 32.0 Å². The zero-order valence-corrected chi connectivity index (χ0v) is 29.3. The first kappa shape index (κ1) is 37.0. The number of halogens is 5. The van der Waals surface area contributed by atoms with Gasteiger partial charge in [0, 0.05) is 24.0 Å². The fourth-order valence-corrected chi connectivity index (χ4v) is 7.04. The van der Waals surface area contributed by atoms with Gasteiger partial charge in [-0.2, -0.15) is 13.2 Å². The third-order valence-corrected chi connectivity index (χ3v) is 9.96. The lowest BCUT2D eigenvalue weighted by atomic mass is 10.0. The Morgan fingerprint density at radius 2 is 1.50 bits per heavy atom. The second-order valence-corrected chi connectivity index (χ2v) is 14.7. The van der Waals surface area contributed by atoms with Crippen molar-refractivity contribution in [3.05, 3.63) is 129 Å². The van der Waals surface area contributed by atoms with Crippen LogP contribution in [0.15, 0.2) is 112 Å². The highest BCUT2D eigenvalue weighted by atomic mass is 79.9. The van der Waals surface area contributed by atoms with Gasteiger partial charge in [-0.15, -0.1) is 0 Å². The molecule has 254 valence electrons. The molecular formula is C35H34BrClF3N3O4S. The lowest BCUT2D eigenvalue weighted by Crippen LogP contribution is -2.53. The van der Waals surface area contributed by atoms with E-state index >= 15 is 0 Å². The maximum absolute atomic E-state index is 14.5. The highest BCUT2D eigenvalue weighted by Gasteiger charge is 2.37. The van der Waals surface area contributed by atoms with Gasteiger partial charge in [-0.3, -0.25) is 13.9 Å². The van der Waals surface area contributed by atoms with Crippen LogP contribution in [0.4, 0.5) is 18.9 Å². The number of hydrogen-bond donors (Lipinski definition) is 1. The van der Waals surface area contributed by atoms with Crippen LogP contribution in [0.2, 0.25) is 5.02 Å². The van der Waals surface area contributed by atoms with Gasteiger partial charge in [0.25, 0.3) is 10.0 Å². The molecule has 2 amide bonds. The number of amides is 2. The van der Waals surface area contributed by atoms with E-state index in [0.29, 0.717) is 27.0 Å². The molecule has 1 atom stereocenters. The number of nitrogens with zero attached hydrogens (tertiary/aromatic N) is 2. The van der Waals surface area contributed by atoms with Crippen molar-refractivity contribution in [1.82, 2.24) is 10.2 Å². The second-order valence-electron chi connectivity index (χ2n) is 11.5. The predicted octanol–water partition coefficient (Wildman–Crippen LogP) is 7.73. The van der Waals surface area contributed by atoms with Gasteiger partial charge >= 0.3 is 6.18 Å². The largest absolute Gasteiger partial charge is 0.417 e. The Morgan fingerprint density at radius 1 is 0.875 bits per heavy atom. The number of carbonyl (C=O) groups excluding carboxylic acids is 2. The maximum Gasteiger partial charge on any atom is 0.417 e. The molecule has 0 bridgehead atoms. The molecule has 1 unspecified atom stereocenters. The molecule has 0 spiro atoms. The van der Waals surface area contributed by atoms with Crippen molar-refractivity contribution in [3.63, 3.8) is 0 Å². The summed E-state index contributed by atoms with van der Waals surface area (Å²) in [6, 6.07) is 24.7. The zero-order chi connectivity index (χ0) is 35.1. The number of carbonyl (C=O) groups is 2. The summed E-state index contributed by atoms with van der Waals surface area (Å²) in [5.74, 6) is -1.17. The van der Waals surface area contributed by atoms with E-state index in [0.717, 1.165) is 17.7 Å². The summed E-state index contributed by atoms with van der Waals surface area (Å²) < 4.78 is 71.3. The fourth-order valence-electron chi connectivity index (χ4n) is 4.94. The molecule has 0 aliphatic rings. The summed E-state index contributed by atoms with van der Waals surface area (Å²) >= 11 is 9.30. The summed E-state index contributed by atoms with van der Waals surface area (Å²) in [5, 5.41) is 2.26. The Morgan fingerprint density at radius 3 is 2.10 bits per heavy atom. The van der Waals surface area contributed by atoms with Crippen LogP contribution < -0.4 is 9.62 Å². The molecule has 0 radical (unpaired) electrons. The molecule has 48 heavy (non-hydrogen) atoms. The number of nitrogens with one attached hydrogen (secondary N) is 1. The van der Waals surface area contributed by atoms with Gasteiger partial charge in [0.2, 0.25) is 11.8 Å². The number of anilines is 1. The van der Waals surface area contributed by atoms with E-state index in [2.05, 4.69) is 21.2 Å². The van der Waals surface area contributed by atoms with Crippen molar-refractivity contribution >= 4 is 55.1 Å². The Labute approximate surface area is 291 Å². The standard InChI is InChI=1S/C35H34BrClF3N3O4S/c1-24(2)21-41-34(45)32(19-25-10-5-3-6-11-25)42(22-26-12-9-13-27(36)18-26)33(44)23-43(48(46,47)29-14-7-4-8-15-29)28-16-17-31(37)30(20-28)35(38,39)40/h3-18,20,24,32H,19,21-23H2,1-2H3,(H,41,45). The van der Waals surface area contributed by atoms with Crippen LogP contribution >= 0.6 is 27.5 Å². The molecule has 0 fully saturated rings. The first-order valence-corrected chi connectivity index (χ1v) is 17.6. The van der Waals surface area contributed by atoms with Crippen LogP contribution in [-0.2, 0) is 38.8 Å². The van der Waals surface area contributed by atoms with Crippen molar-refractivity contribution in [2.24, 2.45) is 5.92 Å². The van der Waals surface area contributed by atoms with Crippen molar-refractivity contribution in [2.45, 2.75) is 43.9 Å². The summed E-state index contributed by atoms with van der Waals surface area (Å²) in [6.07, 6.45) is -4.81. The summed E-state index contributed by atoms with van der Waals surface area (Å²) in [6.45, 7) is 3.16. The van der Waals surface area contributed by atoms with E-state index in [-0.39, 0.29) is 23.8 Å². The molecular weight excluding hydrogens is 731 g/mol. The van der Waals surface area contributed by atoms with Crippen LogP contribution in [0, 0.1) is 5.92 Å². The number of alkyl halides is 3. The molecule has 7 nitrogen and oxygen atoms in total. The summed E-state index contributed by atoms with van der Waals surface area (Å²) in [5.41, 5.74) is -0.301. The van der Waals surface area contributed by atoms with Crippen LogP contribution in [0.5, 0.6) is 0 Å². The highest BCUT2D eigenvalue weighted by Crippen LogP contribution is 2.38. The Kier molecular flexibility index (Phi) is 12.3. The van der Waals surface area contributed by atoms with E-state index in [1.165, 1.54) is 29.2 Å². The van der Waals surface area contributed by atoms with Gasteiger partial charge < -0.3 is 10.2 Å². The second kappa shape index (κ2) is 16.0. The Bertz CT molecular complexity index is 1830. The van der Waals surface area contributed by atoms with Gasteiger partial charge in [-0.25, -0.2) is 8.42 Å². The smallest absolute Gasteiger partial charge is 0.354 e. The van der Waals surface area contributed by atoms with Crippen molar-refractivity contribution in [3.8, 4) is 0 Å². The minimum absolute atomic E-state index is 0.0924. The first-order chi connectivity index (χ1) is 22.7. The topological polar surface area (TPSA) is 86.8 Å². The number of rotatable bonds is 13. The van der Waals surface area contributed by atoms with Crippen LogP contribution in [0.25, 0.3) is 0 Å². The number of benzene rings is 4. The predicted molar refractivity (Wildman–Crippen MR) is 184 cm³/mol. The molecule has 4 aromatic rings. The number of hydrogen-bond acceptors (Lipinski definition) is 4.